The van der Waals surface area contributed by atoms with Gasteiger partial charge in [-0.1, -0.05) is 5.16 Å². The molecule has 1 saturated heterocycles. The Kier molecular flexibility index (Phi) is 5.31. The standard InChI is InChI=1S/C20H21F2N3O4/c21-12-3-4-13(15(22)7-12)18-8-17(24-29-18)19(26)23-16-5-6-25(9-11-1-2-11)10-14(16)20(27)28/h3-4,7-8,11,14,16H,1-2,5-6,9-10H2,(H,23,26)(H,27,28)/t14-,16-/m0/s1. The normalized spacial score (nSPS) is 22.4. The highest BCUT2D eigenvalue weighted by Gasteiger charge is 2.37. The molecule has 1 amide bonds. The van der Waals surface area contributed by atoms with Gasteiger partial charge in [0.2, 0.25) is 0 Å². The topological polar surface area (TPSA) is 95.7 Å². The number of hydrogen-bond acceptors (Lipinski definition) is 5. The summed E-state index contributed by atoms with van der Waals surface area (Å²) in [5, 5.41) is 16.0. The van der Waals surface area contributed by atoms with Crippen LogP contribution in [0.15, 0.2) is 28.8 Å². The second-order valence-electron chi connectivity index (χ2n) is 7.72. The summed E-state index contributed by atoms with van der Waals surface area (Å²) in [5.74, 6) is -3.16. The van der Waals surface area contributed by atoms with Crippen LogP contribution < -0.4 is 5.32 Å². The Balaban J connectivity index is 1.43. The number of amides is 1. The van der Waals surface area contributed by atoms with Gasteiger partial charge in [0, 0.05) is 37.8 Å². The molecular weight excluding hydrogens is 384 g/mol. The minimum absolute atomic E-state index is 0.0123. The number of carbonyl (C=O) groups excluding carboxylic acids is 1. The molecule has 4 rings (SSSR count). The van der Waals surface area contributed by atoms with Crippen LogP contribution in [-0.2, 0) is 4.79 Å². The van der Waals surface area contributed by atoms with Crippen molar-refractivity contribution >= 4 is 11.9 Å². The van der Waals surface area contributed by atoms with Gasteiger partial charge in [0.15, 0.2) is 11.5 Å². The molecule has 9 heteroatoms. The Hall–Kier alpha value is -2.81. The van der Waals surface area contributed by atoms with Crippen LogP contribution in [0.1, 0.15) is 29.8 Å². The Bertz CT molecular complexity index is 928. The van der Waals surface area contributed by atoms with Crippen LogP contribution in [0.3, 0.4) is 0 Å². The van der Waals surface area contributed by atoms with Crippen molar-refractivity contribution in [2.45, 2.75) is 25.3 Å². The van der Waals surface area contributed by atoms with Crippen LogP contribution >= 0.6 is 0 Å². The first-order valence-corrected chi connectivity index (χ1v) is 9.59. The number of nitrogens with zero attached hydrogens (tertiary/aromatic N) is 2. The Labute approximate surface area is 165 Å². The Morgan fingerprint density at radius 2 is 2.03 bits per heavy atom. The molecule has 1 aliphatic heterocycles. The first kappa shape index (κ1) is 19.5. The maximum Gasteiger partial charge on any atom is 0.309 e. The van der Waals surface area contributed by atoms with Gasteiger partial charge in [0.25, 0.3) is 5.91 Å². The van der Waals surface area contributed by atoms with Gasteiger partial charge in [0.1, 0.15) is 11.6 Å². The van der Waals surface area contributed by atoms with Crippen molar-refractivity contribution in [1.82, 2.24) is 15.4 Å². The molecule has 0 unspecified atom stereocenters. The third kappa shape index (κ3) is 4.45. The van der Waals surface area contributed by atoms with Crippen LogP contribution in [0.4, 0.5) is 8.78 Å². The van der Waals surface area contributed by atoms with Gasteiger partial charge in [-0.05, 0) is 37.3 Å². The van der Waals surface area contributed by atoms with Crippen molar-refractivity contribution < 1.29 is 28.0 Å². The van der Waals surface area contributed by atoms with E-state index in [2.05, 4.69) is 15.4 Å². The van der Waals surface area contributed by atoms with Crippen LogP contribution in [0.2, 0.25) is 0 Å². The minimum atomic E-state index is -0.954. The molecule has 1 aromatic carbocycles. The number of carboxylic acids is 1. The van der Waals surface area contributed by atoms with E-state index in [0.717, 1.165) is 19.2 Å². The zero-order valence-electron chi connectivity index (χ0n) is 15.6. The molecule has 1 aromatic heterocycles. The third-order valence-corrected chi connectivity index (χ3v) is 5.48. The fourth-order valence-corrected chi connectivity index (χ4v) is 3.71. The lowest BCUT2D eigenvalue weighted by atomic mass is 9.91. The number of rotatable bonds is 6. The lowest BCUT2D eigenvalue weighted by Gasteiger charge is -2.36. The SMILES string of the molecule is O=C(N[C@H]1CCN(CC2CC2)C[C@@H]1C(=O)O)c1cc(-c2ccc(F)cc2F)on1. The summed E-state index contributed by atoms with van der Waals surface area (Å²) in [6.07, 6.45) is 2.90. The van der Waals surface area contributed by atoms with Gasteiger partial charge in [-0.15, -0.1) is 0 Å². The highest BCUT2D eigenvalue weighted by atomic mass is 19.1. The van der Waals surface area contributed by atoms with Crippen molar-refractivity contribution in [3.63, 3.8) is 0 Å². The number of aliphatic carboxylic acids is 1. The van der Waals surface area contributed by atoms with E-state index in [1.165, 1.54) is 25.0 Å². The Morgan fingerprint density at radius 3 is 2.72 bits per heavy atom. The van der Waals surface area contributed by atoms with E-state index in [1.807, 2.05) is 0 Å². The molecule has 29 heavy (non-hydrogen) atoms. The molecule has 2 heterocycles. The number of aromatic nitrogens is 1. The smallest absolute Gasteiger partial charge is 0.309 e. The zero-order chi connectivity index (χ0) is 20.5. The van der Waals surface area contributed by atoms with E-state index < -0.39 is 35.5 Å². The molecule has 0 bridgehead atoms. The molecule has 2 aliphatic rings. The van der Waals surface area contributed by atoms with Gasteiger partial charge in [-0.2, -0.15) is 0 Å². The van der Waals surface area contributed by atoms with E-state index in [1.54, 1.807) is 0 Å². The van der Waals surface area contributed by atoms with Crippen molar-refractivity contribution in [2.24, 2.45) is 11.8 Å². The van der Waals surface area contributed by atoms with Gasteiger partial charge in [-0.3, -0.25) is 9.59 Å². The van der Waals surface area contributed by atoms with Gasteiger partial charge < -0.3 is 19.8 Å². The second-order valence-corrected chi connectivity index (χ2v) is 7.72. The Morgan fingerprint density at radius 1 is 1.24 bits per heavy atom. The number of carboxylic acid groups (broad SMARTS) is 1. The van der Waals surface area contributed by atoms with Crippen LogP contribution in [-0.4, -0.2) is 52.7 Å². The van der Waals surface area contributed by atoms with E-state index in [0.29, 0.717) is 24.9 Å². The highest BCUT2D eigenvalue weighted by molar-refractivity contribution is 5.93. The average molecular weight is 405 g/mol. The van der Waals surface area contributed by atoms with Crippen molar-refractivity contribution in [1.29, 1.82) is 0 Å². The lowest BCUT2D eigenvalue weighted by Crippen LogP contribution is -2.53. The molecule has 1 aliphatic carbocycles. The summed E-state index contributed by atoms with van der Waals surface area (Å²) >= 11 is 0. The number of halogens is 2. The van der Waals surface area contributed by atoms with Gasteiger partial charge in [0.05, 0.1) is 11.5 Å². The summed E-state index contributed by atoms with van der Waals surface area (Å²) in [6.45, 7) is 2.01. The number of hydrogen-bond donors (Lipinski definition) is 2. The summed E-state index contributed by atoms with van der Waals surface area (Å²) in [6, 6.07) is 3.71. The summed E-state index contributed by atoms with van der Waals surface area (Å²) in [7, 11) is 0. The number of likely N-dealkylation sites (tertiary alicyclic amines) is 1. The molecule has 7 nitrogen and oxygen atoms in total. The monoisotopic (exact) mass is 405 g/mol. The number of benzene rings is 1. The van der Waals surface area contributed by atoms with E-state index in [4.69, 9.17) is 4.52 Å². The molecule has 2 N–H and O–H groups in total. The van der Waals surface area contributed by atoms with E-state index in [-0.39, 0.29) is 17.0 Å². The number of carbonyl (C=O) groups is 2. The lowest BCUT2D eigenvalue weighted by molar-refractivity contribution is -0.144. The van der Waals surface area contributed by atoms with Crippen molar-refractivity contribution in [3.05, 3.63) is 41.6 Å². The number of nitrogens with one attached hydrogen (secondary N) is 1. The molecule has 1 saturated carbocycles. The predicted octanol–water partition coefficient (Wildman–Crippen LogP) is 2.53. The average Bonchev–Trinajstić information content (AvgIpc) is 3.35. The summed E-state index contributed by atoms with van der Waals surface area (Å²) < 4.78 is 32.0. The molecule has 0 spiro atoms. The van der Waals surface area contributed by atoms with E-state index >= 15 is 0 Å². The summed E-state index contributed by atoms with van der Waals surface area (Å²) in [5.41, 5.74) is -0.108. The van der Waals surface area contributed by atoms with Crippen molar-refractivity contribution in [2.75, 3.05) is 19.6 Å². The fraction of sp³-hybridized carbons (Fsp3) is 0.450. The first-order valence-electron chi connectivity index (χ1n) is 9.59. The predicted molar refractivity (Wildman–Crippen MR) is 98.0 cm³/mol. The molecule has 2 aromatic rings. The molecule has 2 atom stereocenters. The van der Waals surface area contributed by atoms with Crippen LogP contribution in [0.25, 0.3) is 11.3 Å². The van der Waals surface area contributed by atoms with Gasteiger partial charge in [-0.25, -0.2) is 8.78 Å². The molecule has 2 fully saturated rings. The zero-order valence-corrected chi connectivity index (χ0v) is 15.6. The maximum absolute atomic E-state index is 13.9. The fourth-order valence-electron chi connectivity index (χ4n) is 3.71. The highest BCUT2D eigenvalue weighted by Crippen LogP contribution is 2.31. The minimum Gasteiger partial charge on any atom is -0.481 e. The molecule has 154 valence electrons. The van der Waals surface area contributed by atoms with Crippen LogP contribution in [0, 0.1) is 23.5 Å². The van der Waals surface area contributed by atoms with Crippen LogP contribution in [0.5, 0.6) is 0 Å². The quantitative estimate of drug-likeness (QED) is 0.767. The maximum atomic E-state index is 13.9. The first-order chi connectivity index (χ1) is 13.9. The third-order valence-electron chi connectivity index (χ3n) is 5.48. The summed E-state index contributed by atoms with van der Waals surface area (Å²) in [4.78, 5) is 26.4. The molecule has 0 radical (unpaired) electrons. The second kappa shape index (κ2) is 7.90. The van der Waals surface area contributed by atoms with Gasteiger partial charge >= 0.3 is 5.97 Å². The largest absolute Gasteiger partial charge is 0.481 e. The number of piperidine rings is 1. The van der Waals surface area contributed by atoms with Crippen molar-refractivity contribution in [3.8, 4) is 11.3 Å². The van der Waals surface area contributed by atoms with E-state index in [9.17, 15) is 23.5 Å². The molecular formula is C20H21F2N3O4.